The number of benzene rings is 3. The van der Waals surface area contributed by atoms with Gasteiger partial charge in [0.05, 0.1) is 7.11 Å². The van der Waals surface area contributed by atoms with Gasteiger partial charge in [0.2, 0.25) is 0 Å². The normalized spacial score (nSPS) is 10.8. The van der Waals surface area contributed by atoms with Gasteiger partial charge in [-0.1, -0.05) is 29.8 Å². The van der Waals surface area contributed by atoms with Crippen LogP contribution in [0, 0.1) is 11.3 Å². The van der Waals surface area contributed by atoms with E-state index in [-0.39, 0.29) is 5.57 Å². The van der Waals surface area contributed by atoms with Gasteiger partial charge in [-0.25, -0.2) is 0 Å². The third-order valence-electron chi connectivity index (χ3n) is 4.81. The molecule has 168 valence electrons. The molecule has 0 spiro atoms. The Bertz CT molecular complexity index is 1180. The maximum Gasteiger partial charge on any atom is 0.266 e. The molecule has 33 heavy (non-hydrogen) atoms. The number of nitriles is 1. The molecule has 0 bridgehead atoms. The van der Waals surface area contributed by atoms with Crippen LogP contribution in [0.25, 0.3) is 6.08 Å². The highest BCUT2D eigenvalue weighted by Crippen LogP contribution is 2.30. The van der Waals surface area contributed by atoms with Crippen LogP contribution in [-0.2, 0) is 11.4 Å². The van der Waals surface area contributed by atoms with Crippen LogP contribution < -0.4 is 19.7 Å². The zero-order valence-electron chi connectivity index (χ0n) is 18.6. The molecular weight excluding hydrogens is 438 g/mol. The van der Waals surface area contributed by atoms with E-state index < -0.39 is 5.91 Å². The Morgan fingerprint density at radius 2 is 1.76 bits per heavy atom. The highest BCUT2D eigenvalue weighted by atomic mass is 35.5. The van der Waals surface area contributed by atoms with Gasteiger partial charge in [0, 0.05) is 30.5 Å². The zero-order chi connectivity index (χ0) is 23.8. The smallest absolute Gasteiger partial charge is 0.266 e. The summed E-state index contributed by atoms with van der Waals surface area (Å²) in [5.74, 6) is 0.556. The second kappa shape index (κ2) is 11.1. The fourth-order valence-electron chi connectivity index (χ4n) is 2.99. The van der Waals surface area contributed by atoms with Crippen molar-refractivity contribution in [1.29, 1.82) is 5.26 Å². The van der Waals surface area contributed by atoms with E-state index in [0.717, 1.165) is 11.3 Å². The first-order valence-corrected chi connectivity index (χ1v) is 10.5. The molecular formula is C26H24ClN3O3. The average molecular weight is 462 g/mol. The van der Waals surface area contributed by atoms with E-state index in [1.54, 1.807) is 42.5 Å². The van der Waals surface area contributed by atoms with E-state index in [1.807, 2.05) is 49.3 Å². The molecule has 0 aliphatic carbocycles. The molecule has 3 rings (SSSR count). The number of rotatable bonds is 8. The predicted octanol–water partition coefficient (Wildman–Crippen LogP) is 5.54. The second-order valence-electron chi connectivity index (χ2n) is 7.39. The van der Waals surface area contributed by atoms with Gasteiger partial charge in [-0.15, -0.1) is 0 Å². The Hall–Kier alpha value is -3.95. The molecule has 0 saturated heterocycles. The van der Waals surface area contributed by atoms with Crippen molar-refractivity contribution in [3.63, 3.8) is 0 Å². The lowest BCUT2D eigenvalue weighted by atomic mass is 10.1. The number of nitrogens with one attached hydrogen (secondary N) is 1. The van der Waals surface area contributed by atoms with Crippen molar-refractivity contribution in [3.05, 3.63) is 88.5 Å². The minimum atomic E-state index is -0.489. The van der Waals surface area contributed by atoms with E-state index in [2.05, 4.69) is 5.32 Å². The van der Waals surface area contributed by atoms with Crippen LogP contribution in [0.3, 0.4) is 0 Å². The SMILES string of the molecule is COc1cc(/C=C(/C#N)C(=O)Nc2ccc(N(C)C)cc2)ccc1OCc1ccc(Cl)cc1. The van der Waals surface area contributed by atoms with Crippen LogP contribution >= 0.6 is 11.6 Å². The molecule has 3 aromatic carbocycles. The lowest BCUT2D eigenvalue weighted by Gasteiger charge is -2.13. The number of amides is 1. The average Bonchev–Trinajstić information content (AvgIpc) is 2.82. The summed E-state index contributed by atoms with van der Waals surface area (Å²) >= 11 is 5.91. The third-order valence-corrected chi connectivity index (χ3v) is 5.06. The molecule has 0 aliphatic rings. The molecule has 0 aliphatic heterocycles. The fraction of sp³-hybridized carbons (Fsp3) is 0.154. The van der Waals surface area contributed by atoms with Crippen molar-refractivity contribution in [2.75, 3.05) is 31.4 Å². The van der Waals surface area contributed by atoms with Gasteiger partial charge in [0.25, 0.3) is 5.91 Å². The molecule has 0 unspecified atom stereocenters. The summed E-state index contributed by atoms with van der Waals surface area (Å²) in [7, 11) is 5.41. The number of ether oxygens (including phenoxy) is 2. The minimum Gasteiger partial charge on any atom is -0.493 e. The number of nitrogens with zero attached hydrogens (tertiary/aromatic N) is 2. The Balaban J connectivity index is 1.72. The number of hydrogen-bond acceptors (Lipinski definition) is 5. The first kappa shape index (κ1) is 23.7. The molecule has 0 radical (unpaired) electrons. The summed E-state index contributed by atoms with van der Waals surface area (Å²) in [5, 5.41) is 12.9. The molecule has 7 heteroatoms. The van der Waals surface area contributed by atoms with Crippen molar-refractivity contribution in [3.8, 4) is 17.6 Å². The summed E-state index contributed by atoms with van der Waals surface area (Å²) < 4.78 is 11.3. The molecule has 0 atom stereocenters. The van der Waals surface area contributed by atoms with Crippen LogP contribution in [0.15, 0.2) is 72.3 Å². The molecule has 0 heterocycles. The van der Waals surface area contributed by atoms with Crippen molar-refractivity contribution < 1.29 is 14.3 Å². The lowest BCUT2D eigenvalue weighted by Crippen LogP contribution is -2.14. The van der Waals surface area contributed by atoms with Crippen LogP contribution in [0.1, 0.15) is 11.1 Å². The first-order valence-electron chi connectivity index (χ1n) is 10.2. The maximum absolute atomic E-state index is 12.6. The predicted molar refractivity (Wildman–Crippen MR) is 132 cm³/mol. The van der Waals surface area contributed by atoms with Gasteiger partial charge < -0.3 is 19.7 Å². The number of carbonyl (C=O) groups excluding carboxylic acids is 1. The molecule has 0 fully saturated rings. The quantitative estimate of drug-likeness (QED) is 0.352. The summed E-state index contributed by atoms with van der Waals surface area (Å²) in [6.07, 6.45) is 1.51. The van der Waals surface area contributed by atoms with Gasteiger partial charge in [-0.2, -0.15) is 5.26 Å². The molecule has 3 aromatic rings. The number of anilines is 2. The molecule has 6 nitrogen and oxygen atoms in total. The highest BCUT2D eigenvalue weighted by molar-refractivity contribution is 6.30. The van der Waals surface area contributed by atoms with Crippen molar-refractivity contribution in [2.24, 2.45) is 0 Å². The molecule has 1 amide bonds. The van der Waals surface area contributed by atoms with Crippen molar-refractivity contribution in [1.82, 2.24) is 0 Å². The molecule has 0 saturated carbocycles. The summed E-state index contributed by atoms with van der Waals surface area (Å²) in [4.78, 5) is 14.6. The first-order chi connectivity index (χ1) is 15.9. The Kier molecular flexibility index (Phi) is 7.96. The standard InChI is InChI=1S/C26H24ClN3O3/c1-30(2)23-11-9-22(10-12-23)29-26(31)20(16-28)14-19-6-13-24(25(15-19)32-3)33-17-18-4-7-21(27)8-5-18/h4-15H,17H2,1-3H3,(H,29,31)/b20-14-. The van der Waals surface area contributed by atoms with Crippen molar-refractivity contribution >= 4 is 35.0 Å². The van der Waals surface area contributed by atoms with Crippen molar-refractivity contribution in [2.45, 2.75) is 6.61 Å². The monoisotopic (exact) mass is 461 g/mol. The minimum absolute atomic E-state index is 0.0245. The Labute approximate surface area is 198 Å². The number of methoxy groups -OCH3 is 1. The van der Waals surface area contributed by atoms with Crippen LogP contribution in [0.2, 0.25) is 5.02 Å². The third kappa shape index (κ3) is 6.52. The second-order valence-corrected chi connectivity index (χ2v) is 7.83. The largest absolute Gasteiger partial charge is 0.493 e. The van der Waals surface area contributed by atoms with Gasteiger partial charge in [0.15, 0.2) is 11.5 Å². The van der Waals surface area contributed by atoms with Gasteiger partial charge in [0.1, 0.15) is 18.2 Å². The Morgan fingerprint density at radius 3 is 2.36 bits per heavy atom. The van der Waals surface area contributed by atoms with E-state index in [1.165, 1.54) is 13.2 Å². The van der Waals surface area contributed by atoms with Crippen LogP contribution in [0.4, 0.5) is 11.4 Å². The maximum atomic E-state index is 12.6. The summed E-state index contributed by atoms with van der Waals surface area (Å²) in [6, 6.07) is 21.9. The van der Waals surface area contributed by atoms with E-state index >= 15 is 0 Å². The number of hydrogen-bond donors (Lipinski definition) is 1. The zero-order valence-corrected chi connectivity index (χ0v) is 19.4. The Morgan fingerprint density at radius 1 is 1.06 bits per heavy atom. The van der Waals surface area contributed by atoms with E-state index in [0.29, 0.717) is 34.4 Å². The number of halogens is 1. The summed E-state index contributed by atoms with van der Waals surface area (Å²) in [5.41, 5.74) is 3.20. The van der Waals surface area contributed by atoms with Gasteiger partial charge in [-0.05, 0) is 65.7 Å². The highest BCUT2D eigenvalue weighted by Gasteiger charge is 2.12. The number of carbonyl (C=O) groups is 1. The fourth-order valence-corrected chi connectivity index (χ4v) is 3.12. The summed E-state index contributed by atoms with van der Waals surface area (Å²) in [6.45, 7) is 0.348. The van der Waals surface area contributed by atoms with Gasteiger partial charge >= 0.3 is 0 Å². The molecule has 1 N–H and O–H groups in total. The van der Waals surface area contributed by atoms with Crippen LogP contribution in [0.5, 0.6) is 11.5 Å². The van der Waals surface area contributed by atoms with Gasteiger partial charge in [-0.3, -0.25) is 4.79 Å². The van der Waals surface area contributed by atoms with E-state index in [4.69, 9.17) is 21.1 Å². The van der Waals surface area contributed by atoms with Crippen LogP contribution in [-0.4, -0.2) is 27.1 Å². The topological polar surface area (TPSA) is 74.6 Å². The molecule has 0 aromatic heterocycles. The van der Waals surface area contributed by atoms with E-state index in [9.17, 15) is 10.1 Å². The lowest BCUT2D eigenvalue weighted by molar-refractivity contribution is -0.112.